The van der Waals surface area contributed by atoms with Gasteiger partial charge >= 0.3 is 6.18 Å². The van der Waals surface area contributed by atoms with E-state index in [1.807, 2.05) is 0 Å². The molecule has 26 heavy (non-hydrogen) atoms. The molecule has 0 radical (unpaired) electrons. The fraction of sp³-hybridized carbons (Fsp3) is 0.0714. The van der Waals surface area contributed by atoms with Gasteiger partial charge in [-0.3, -0.25) is 0 Å². The van der Waals surface area contributed by atoms with Crippen molar-refractivity contribution in [3.63, 3.8) is 0 Å². The fourth-order valence-electron chi connectivity index (χ4n) is 1.85. The summed E-state index contributed by atoms with van der Waals surface area (Å²) >= 11 is 16.2. The Morgan fingerprint density at radius 1 is 0.885 bits per heavy atom. The van der Waals surface area contributed by atoms with Gasteiger partial charge in [0.25, 0.3) is 0 Å². The molecule has 0 spiro atoms. The third-order valence-corrected chi connectivity index (χ3v) is 3.72. The van der Waals surface area contributed by atoms with Gasteiger partial charge < -0.3 is 10.6 Å². The Morgan fingerprint density at radius 2 is 1.42 bits per heavy atom. The molecule has 0 fully saturated rings. The molecule has 12 heteroatoms. The molecule has 140 valence electrons. The van der Waals surface area contributed by atoms with E-state index in [0.29, 0.717) is 0 Å². The summed E-state index contributed by atoms with van der Waals surface area (Å²) < 4.78 is 92.3. The molecule has 0 aliphatic heterocycles. The largest absolute Gasteiger partial charge is 0.422 e. The lowest BCUT2D eigenvalue weighted by atomic mass is 10.1. The van der Waals surface area contributed by atoms with Crippen molar-refractivity contribution in [2.75, 3.05) is 10.6 Å². The highest BCUT2D eigenvalue weighted by Gasteiger charge is 2.42. The number of halogens is 9. The fourth-order valence-corrected chi connectivity index (χ4v) is 2.52. The van der Waals surface area contributed by atoms with Gasteiger partial charge in [0.15, 0.2) is 28.4 Å². The Morgan fingerprint density at radius 3 is 1.88 bits per heavy atom. The zero-order valence-electron chi connectivity index (χ0n) is 12.0. The summed E-state index contributed by atoms with van der Waals surface area (Å²) in [5.41, 5.74) is -4.10. The van der Waals surface area contributed by atoms with Crippen LogP contribution in [0.5, 0.6) is 0 Å². The van der Waals surface area contributed by atoms with Gasteiger partial charge in [-0.15, -0.1) is 0 Å². The van der Waals surface area contributed by atoms with E-state index in [2.05, 4.69) is 5.32 Å². The van der Waals surface area contributed by atoms with Crippen LogP contribution in [0, 0.1) is 23.3 Å². The van der Waals surface area contributed by atoms with Crippen LogP contribution in [0.25, 0.3) is 0 Å². The van der Waals surface area contributed by atoms with E-state index in [-0.39, 0.29) is 15.7 Å². The average molecular weight is 437 g/mol. The summed E-state index contributed by atoms with van der Waals surface area (Å²) in [5.74, 6) is -9.79. The maximum absolute atomic E-state index is 13.8. The van der Waals surface area contributed by atoms with Gasteiger partial charge in [0.1, 0.15) is 11.3 Å². The number of anilines is 2. The second-order valence-corrected chi connectivity index (χ2v) is 5.96. The normalized spacial score (nSPS) is 11.4. The molecule has 0 aliphatic rings. The molecule has 0 saturated heterocycles. The highest BCUT2D eigenvalue weighted by Crippen LogP contribution is 2.38. The number of rotatable bonds is 2. The van der Waals surface area contributed by atoms with Gasteiger partial charge in [-0.2, -0.15) is 13.2 Å². The summed E-state index contributed by atoms with van der Waals surface area (Å²) in [4.78, 5) is 0. The zero-order valence-corrected chi connectivity index (χ0v) is 14.4. The van der Waals surface area contributed by atoms with E-state index >= 15 is 0 Å². The summed E-state index contributed by atoms with van der Waals surface area (Å²) in [7, 11) is 0. The number of benzene rings is 2. The molecule has 0 atom stereocenters. The first kappa shape index (κ1) is 20.5. The molecule has 0 saturated carbocycles. The molecule has 0 aliphatic carbocycles. The third kappa shape index (κ3) is 4.13. The average Bonchev–Trinajstić information content (AvgIpc) is 2.51. The van der Waals surface area contributed by atoms with E-state index in [1.165, 1.54) is 18.2 Å². The SMILES string of the molecule is Fc1c(F)c(C(F)(F)F)c(F)c(F)c1NC(=S)Nc1ccc(Cl)cc1Cl. The summed E-state index contributed by atoms with van der Waals surface area (Å²) in [6, 6.07) is 4.02. The number of hydrogen-bond donors (Lipinski definition) is 2. The molecule has 0 aromatic heterocycles. The van der Waals surface area contributed by atoms with Crippen molar-refractivity contribution in [2.24, 2.45) is 0 Å². The Kier molecular flexibility index (Phi) is 5.89. The quantitative estimate of drug-likeness (QED) is 0.324. The maximum Gasteiger partial charge on any atom is 0.422 e. The predicted octanol–water partition coefficient (Wildman–Crippen LogP) is 6.38. The van der Waals surface area contributed by atoms with Crippen molar-refractivity contribution in [2.45, 2.75) is 6.18 Å². The second-order valence-electron chi connectivity index (χ2n) is 4.71. The molecule has 2 rings (SSSR count). The number of alkyl halides is 3. The van der Waals surface area contributed by atoms with Crippen LogP contribution in [0.1, 0.15) is 5.56 Å². The van der Waals surface area contributed by atoms with Crippen LogP contribution in [0.4, 0.5) is 42.1 Å². The standard InChI is InChI=1S/C14H5Cl2F7N2S/c15-4-1-2-6(5(16)3-4)24-13(26)25-12-10(19)8(17)7(14(21,22)23)9(18)11(12)20/h1-3H,(H2,24,25,26). The first-order chi connectivity index (χ1) is 11.9. The Balaban J connectivity index is 2.36. The molecule has 0 unspecified atom stereocenters. The van der Waals surface area contributed by atoms with Gasteiger partial charge in [-0.05, 0) is 30.4 Å². The van der Waals surface area contributed by atoms with Gasteiger partial charge in [0.05, 0.1) is 10.7 Å². The maximum atomic E-state index is 13.8. The van der Waals surface area contributed by atoms with Crippen LogP contribution in [-0.2, 0) is 6.18 Å². The minimum atomic E-state index is -5.63. The Bertz CT molecular complexity index is 858. The molecule has 0 heterocycles. The minimum absolute atomic E-state index is 0.0485. The van der Waals surface area contributed by atoms with Crippen LogP contribution in [-0.4, -0.2) is 5.11 Å². The first-order valence-corrected chi connectivity index (χ1v) is 7.56. The predicted molar refractivity (Wildman–Crippen MR) is 87.6 cm³/mol. The lowest BCUT2D eigenvalue weighted by molar-refractivity contribution is -0.143. The summed E-state index contributed by atoms with van der Waals surface area (Å²) in [6.07, 6.45) is -5.63. The number of nitrogens with one attached hydrogen (secondary N) is 2. The lowest BCUT2D eigenvalue weighted by Gasteiger charge is -2.16. The Hall–Kier alpha value is -1.78. The monoisotopic (exact) mass is 436 g/mol. The van der Waals surface area contributed by atoms with Crippen LogP contribution in [0.15, 0.2) is 18.2 Å². The summed E-state index contributed by atoms with van der Waals surface area (Å²) in [5, 5.41) is 3.84. The minimum Gasteiger partial charge on any atom is -0.331 e. The molecular formula is C14H5Cl2F7N2S. The Labute approximate surface area is 156 Å². The molecule has 2 N–H and O–H groups in total. The molecule has 0 bridgehead atoms. The third-order valence-electron chi connectivity index (χ3n) is 2.96. The lowest BCUT2D eigenvalue weighted by Crippen LogP contribution is -2.23. The van der Waals surface area contributed by atoms with E-state index in [4.69, 9.17) is 35.4 Å². The second kappa shape index (κ2) is 7.45. The van der Waals surface area contributed by atoms with E-state index in [1.54, 1.807) is 5.32 Å². The smallest absolute Gasteiger partial charge is 0.331 e. The highest BCUT2D eigenvalue weighted by atomic mass is 35.5. The van der Waals surface area contributed by atoms with Gasteiger partial charge in [0.2, 0.25) is 0 Å². The molecule has 0 amide bonds. The molecule has 2 aromatic carbocycles. The van der Waals surface area contributed by atoms with Crippen molar-refractivity contribution in [1.82, 2.24) is 0 Å². The molecular weight excluding hydrogens is 432 g/mol. The number of hydrogen-bond acceptors (Lipinski definition) is 1. The van der Waals surface area contributed by atoms with Gasteiger partial charge in [-0.25, -0.2) is 17.6 Å². The van der Waals surface area contributed by atoms with E-state index < -0.39 is 45.8 Å². The molecule has 2 nitrogen and oxygen atoms in total. The van der Waals surface area contributed by atoms with Crippen LogP contribution >= 0.6 is 35.4 Å². The van der Waals surface area contributed by atoms with Crippen LogP contribution in [0.2, 0.25) is 10.0 Å². The zero-order chi connectivity index (χ0) is 19.8. The van der Waals surface area contributed by atoms with E-state index in [0.717, 1.165) is 0 Å². The highest BCUT2D eigenvalue weighted by molar-refractivity contribution is 7.80. The van der Waals surface area contributed by atoms with Crippen molar-refractivity contribution >= 4 is 51.9 Å². The van der Waals surface area contributed by atoms with Crippen molar-refractivity contribution in [3.05, 3.63) is 57.1 Å². The van der Waals surface area contributed by atoms with Gasteiger partial charge in [-0.1, -0.05) is 23.2 Å². The van der Waals surface area contributed by atoms with Crippen LogP contribution in [0.3, 0.4) is 0 Å². The molecule has 2 aromatic rings. The topological polar surface area (TPSA) is 24.1 Å². The van der Waals surface area contributed by atoms with Crippen molar-refractivity contribution in [3.8, 4) is 0 Å². The summed E-state index contributed by atoms with van der Waals surface area (Å²) in [6.45, 7) is 0. The van der Waals surface area contributed by atoms with Crippen LogP contribution < -0.4 is 10.6 Å². The number of thiocarbonyl (C=S) groups is 1. The van der Waals surface area contributed by atoms with Crippen molar-refractivity contribution < 1.29 is 30.7 Å². The van der Waals surface area contributed by atoms with Gasteiger partial charge in [0, 0.05) is 5.02 Å². The van der Waals surface area contributed by atoms with Crippen molar-refractivity contribution in [1.29, 1.82) is 0 Å². The van der Waals surface area contributed by atoms with E-state index in [9.17, 15) is 30.7 Å². The first-order valence-electron chi connectivity index (χ1n) is 6.39.